The van der Waals surface area contributed by atoms with Gasteiger partial charge in [-0.15, -0.1) is 0 Å². The molecule has 0 radical (unpaired) electrons. The van der Waals surface area contributed by atoms with E-state index < -0.39 is 5.92 Å². The van der Waals surface area contributed by atoms with Crippen LogP contribution in [0.1, 0.15) is 35.8 Å². The fraction of sp³-hybridized carbons (Fsp3) is 0.333. The van der Waals surface area contributed by atoms with Crippen molar-refractivity contribution in [1.82, 2.24) is 9.88 Å². The van der Waals surface area contributed by atoms with Gasteiger partial charge in [0.25, 0.3) is 0 Å². The minimum absolute atomic E-state index is 0.0557. The molecule has 3 rings (SSSR count). The number of hydrogen-bond acceptors (Lipinski definition) is 5. The molecule has 1 N–H and O–H groups in total. The van der Waals surface area contributed by atoms with E-state index >= 15 is 0 Å². The van der Waals surface area contributed by atoms with E-state index in [0.717, 1.165) is 12.1 Å². The maximum Gasteiger partial charge on any atom is 0.338 e. The molecule has 0 bridgehead atoms. The maximum absolute atomic E-state index is 12.5. The minimum Gasteiger partial charge on any atom is -0.462 e. The first kappa shape index (κ1) is 19.5. The molecule has 1 unspecified atom stereocenters. The normalized spacial score (nSPS) is 16.1. The fourth-order valence-electron chi connectivity index (χ4n) is 3.00. The monoisotopic (exact) mass is 381 g/mol. The summed E-state index contributed by atoms with van der Waals surface area (Å²) in [4.78, 5) is 42.4. The number of benzene rings is 1. The highest BCUT2D eigenvalue weighted by Crippen LogP contribution is 2.22. The molecule has 7 heteroatoms. The Morgan fingerprint density at radius 2 is 2.00 bits per heavy atom. The summed E-state index contributed by atoms with van der Waals surface area (Å²) in [5.74, 6) is -1.06. The number of hydrogen-bond donors (Lipinski definition) is 1. The lowest BCUT2D eigenvalue weighted by Crippen LogP contribution is -2.28. The molecule has 1 aromatic carbocycles. The summed E-state index contributed by atoms with van der Waals surface area (Å²) in [5.41, 5.74) is 1.80. The molecule has 1 saturated heterocycles. The molecule has 7 nitrogen and oxygen atoms in total. The van der Waals surface area contributed by atoms with Crippen molar-refractivity contribution < 1.29 is 19.1 Å². The van der Waals surface area contributed by atoms with Crippen molar-refractivity contribution in [1.29, 1.82) is 0 Å². The molecule has 1 aliphatic rings. The number of aromatic nitrogens is 1. The number of ether oxygens (including phenoxy) is 1. The first-order valence-electron chi connectivity index (χ1n) is 9.32. The van der Waals surface area contributed by atoms with Crippen LogP contribution in [-0.2, 0) is 20.9 Å². The lowest BCUT2D eigenvalue weighted by Gasteiger charge is -2.16. The molecule has 0 spiro atoms. The number of nitrogens with one attached hydrogen (secondary N) is 1. The number of rotatable bonds is 7. The molecule has 1 aliphatic heterocycles. The van der Waals surface area contributed by atoms with E-state index in [-0.39, 0.29) is 24.2 Å². The number of nitrogens with zero attached hydrogens (tertiary/aromatic N) is 2. The van der Waals surface area contributed by atoms with Crippen molar-refractivity contribution in [3.05, 3.63) is 59.9 Å². The van der Waals surface area contributed by atoms with Gasteiger partial charge < -0.3 is 15.0 Å². The van der Waals surface area contributed by atoms with Crippen molar-refractivity contribution in [3.63, 3.8) is 0 Å². The van der Waals surface area contributed by atoms with E-state index in [2.05, 4.69) is 10.3 Å². The second-order valence-corrected chi connectivity index (χ2v) is 6.70. The van der Waals surface area contributed by atoms with Crippen LogP contribution in [0.5, 0.6) is 0 Å². The number of carbonyl (C=O) groups excluding carboxylic acids is 3. The zero-order valence-corrected chi connectivity index (χ0v) is 15.8. The highest BCUT2D eigenvalue weighted by atomic mass is 16.5. The standard InChI is InChI=1S/C21H23N3O4/c1-2-11-28-21(27)15-6-8-17(9-7-15)23-20(26)16-12-19(25)24(13-16)14-18-5-3-4-10-22-18/h3-10,16H,2,11-14H2,1H3,(H,23,26). The first-order valence-corrected chi connectivity index (χ1v) is 9.32. The number of pyridine rings is 1. The highest BCUT2D eigenvalue weighted by Gasteiger charge is 2.34. The number of esters is 1. The van der Waals surface area contributed by atoms with Crippen LogP contribution >= 0.6 is 0 Å². The summed E-state index contributed by atoms with van der Waals surface area (Å²) in [6.07, 6.45) is 2.62. The van der Waals surface area contributed by atoms with Crippen LogP contribution < -0.4 is 5.32 Å². The largest absolute Gasteiger partial charge is 0.462 e. The summed E-state index contributed by atoms with van der Waals surface area (Å²) in [6, 6.07) is 12.1. The predicted octanol–water partition coefficient (Wildman–Crippen LogP) is 2.64. The molecule has 28 heavy (non-hydrogen) atoms. The molecule has 146 valence electrons. The second-order valence-electron chi connectivity index (χ2n) is 6.70. The van der Waals surface area contributed by atoms with Crippen molar-refractivity contribution in [2.24, 2.45) is 5.92 Å². The summed E-state index contributed by atoms with van der Waals surface area (Å²) >= 11 is 0. The number of amides is 2. The van der Waals surface area contributed by atoms with Gasteiger partial charge in [0.15, 0.2) is 0 Å². The molecule has 2 heterocycles. The van der Waals surface area contributed by atoms with Gasteiger partial charge in [-0.2, -0.15) is 0 Å². The smallest absolute Gasteiger partial charge is 0.338 e. The summed E-state index contributed by atoms with van der Waals surface area (Å²) in [6.45, 7) is 3.07. The van der Waals surface area contributed by atoms with Gasteiger partial charge in [-0.1, -0.05) is 13.0 Å². The van der Waals surface area contributed by atoms with E-state index in [4.69, 9.17) is 4.74 Å². The Labute approximate surface area is 163 Å². The van der Waals surface area contributed by atoms with Gasteiger partial charge in [0, 0.05) is 24.8 Å². The highest BCUT2D eigenvalue weighted by molar-refractivity contribution is 5.97. The van der Waals surface area contributed by atoms with Gasteiger partial charge in [0.2, 0.25) is 11.8 Å². The SMILES string of the molecule is CCCOC(=O)c1ccc(NC(=O)C2CC(=O)N(Cc3ccccn3)C2)cc1. The molecular weight excluding hydrogens is 358 g/mol. The van der Waals surface area contributed by atoms with Crippen LogP contribution in [-0.4, -0.2) is 40.8 Å². The van der Waals surface area contributed by atoms with E-state index in [1.54, 1.807) is 35.4 Å². The van der Waals surface area contributed by atoms with Crippen molar-refractivity contribution in [2.75, 3.05) is 18.5 Å². The lowest BCUT2D eigenvalue weighted by molar-refractivity contribution is -0.128. The fourth-order valence-corrected chi connectivity index (χ4v) is 3.00. The van der Waals surface area contributed by atoms with Crippen LogP contribution in [0.25, 0.3) is 0 Å². The summed E-state index contributed by atoms with van der Waals surface area (Å²) in [7, 11) is 0. The molecule has 1 atom stereocenters. The van der Waals surface area contributed by atoms with Crippen molar-refractivity contribution in [3.8, 4) is 0 Å². The number of likely N-dealkylation sites (tertiary alicyclic amines) is 1. The molecule has 1 fully saturated rings. The van der Waals surface area contributed by atoms with Crippen LogP contribution in [0, 0.1) is 5.92 Å². The third kappa shape index (κ3) is 4.94. The van der Waals surface area contributed by atoms with E-state index in [9.17, 15) is 14.4 Å². The Balaban J connectivity index is 1.55. The van der Waals surface area contributed by atoms with Gasteiger partial charge in [0.1, 0.15) is 0 Å². The second kappa shape index (κ2) is 9.12. The molecule has 1 aromatic heterocycles. The van der Waals surface area contributed by atoms with E-state index in [1.165, 1.54) is 0 Å². The van der Waals surface area contributed by atoms with Crippen LogP contribution in [0.4, 0.5) is 5.69 Å². The van der Waals surface area contributed by atoms with Gasteiger partial charge in [-0.05, 0) is 42.8 Å². The van der Waals surface area contributed by atoms with Gasteiger partial charge >= 0.3 is 5.97 Å². The third-order valence-corrected chi connectivity index (χ3v) is 4.49. The average molecular weight is 381 g/mol. The quantitative estimate of drug-likeness (QED) is 0.745. The van der Waals surface area contributed by atoms with E-state index in [1.807, 2.05) is 25.1 Å². The van der Waals surface area contributed by atoms with Gasteiger partial charge in [0.05, 0.1) is 30.3 Å². The Kier molecular flexibility index (Phi) is 6.37. The minimum atomic E-state index is -0.412. The third-order valence-electron chi connectivity index (χ3n) is 4.49. The summed E-state index contributed by atoms with van der Waals surface area (Å²) < 4.78 is 5.08. The lowest BCUT2D eigenvalue weighted by atomic mass is 10.1. The average Bonchev–Trinajstić information content (AvgIpc) is 3.08. The van der Waals surface area contributed by atoms with Gasteiger partial charge in [-0.25, -0.2) is 4.79 Å². The zero-order valence-electron chi connectivity index (χ0n) is 15.8. The summed E-state index contributed by atoms with van der Waals surface area (Å²) in [5, 5.41) is 2.81. The number of carbonyl (C=O) groups is 3. The maximum atomic E-state index is 12.5. The Bertz CT molecular complexity index is 836. The van der Waals surface area contributed by atoms with Gasteiger partial charge in [-0.3, -0.25) is 14.6 Å². The van der Waals surface area contributed by atoms with Crippen molar-refractivity contribution in [2.45, 2.75) is 26.3 Å². The molecular formula is C21H23N3O4. The zero-order chi connectivity index (χ0) is 19.9. The number of anilines is 1. The Hall–Kier alpha value is -3.22. The molecule has 0 aliphatic carbocycles. The Morgan fingerprint density at radius 3 is 2.68 bits per heavy atom. The molecule has 2 aromatic rings. The van der Waals surface area contributed by atoms with Crippen molar-refractivity contribution >= 4 is 23.5 Å². The van der Waals surface area contributed by atoms with Crippen LogP contribution in [0.3, 0.4) is 0 Å². The predicted molar refractivity (Wildman–Crippen MR) is 103 cm³/mol. The Morgan fingerprint density at radius 1 is 1.21 bits per heavy atom. The van der Waals surface area contributed by atoms with E-state index in [0.29, 0.717) is 30.9 Å². The molecule has 0 saturated carbocycles. The topological polar surface area (TPSA) is 88.6 Å². The molecule has 2 amide bonds. The first-order chi connectivity index (χ1) is 13.6. The van der Waals surface area contributed by atoms with Crippen LogP contribution in [0.15, 0.2) is 48.7 Å². The van der Waals surface area contributed by atoms with Crippen LogP contribution in [0.2, 0.25) is 0 Å².